The molecule has 3 aliphatic rings. The van der Waals surface area contributed by atoms with Crippen LogP contribution in [0.15, 0.2) is 48.5 Å². The van der Waals surface area contributed by atoms with Crippen molar-refractivity contribution < 1.29 is 19.0 Å². The fraction of sp³-hybridized carbons (Fsp3) is 0.441. The summed E-state index contributed by atoms with van der Waals surface area (Å²) in [5, 5.41) is 19.4. The van der Waals surface area contributed by atoms with Crippen LogP contribution in [-0.4, -0.2) is 83.3 Å². The molecule has 3 N–H and O–H groups in total. The summed E-state index contributed by atoms with van der Waals surface area (Å²) in [6.45, 7) is 6.05. The first-order valence-electron chi connectivity index (χ1n) is 15.8. The first kappa shape index (κ1) is 28.7. The smallest absolute Gasteiger partial charge is 0.319 e. The summed E-state index contributed by atoms with van der Waals surface area (Å²) < 4.78 is 22.9. The van der Waals surface area contributed by atoms with Crippen LogP contribution in [0.5, 0.6) is 11.8 Å². The molecule has 230 valence electrons. The minimum absolute atomic E-state index is 0.0132. The molecule has 10 heteroatoms. The normalized spacial score (nSPS) is 21.8. The molecule has 9 nitrogen and oxygen atoms in total. The molecule has 2 bridgehead atoms. The van der Waals surface area contributed by atoms with Gasteiger partial charge < -0.3 is 25.4 Å². The maximum atomic E-state index is 16.6. The Morgan fingerprint density at radius 3 is 2.70 bits per heavy atom. The van der Waals surface area contributed by atoms with Gasteiger partial charge in [-0.3, -0.25) is 9.69 Å². The van der Waals surface area contributed by atoms with Gasteiger partial charge in [-0.15, -0.1) is 0 Å². The van der Waals surface area contributed by atoms with E-state index in [0.717, 1.165) is 69.1 Å². The third kappa shape index (κ3) is 5.76. The Bertz CT molecular complexity index is 1690. The average molecular weight is 599 g/mol. The first-order valence-corrected chi connectivity index (χ1v) is 15.8. The highest BCUT2D eigenvalue weighted by Gasteiger charge is 2.34. The zero-order chi connectivity index (χ0) is 30.2. The van der Waals surface area contributed by atoms with Crippen LogP contribution < -0.4 is 20.3 Å². The molecule has 0 saturated carbocycles. The van der Waals surface area contributed by atoms with Crippen LogP contribution in [0, 0.1) is 5.82 Å². The number of carbonyl (C=O) groups excluding carboxylic acids is 1. The van der Waals surface area contributed by atoms with Gasteiger partial charge in [0.15, 0.2) is 5.82 Å². The van der Waals surface area contributed by atoms with Crippen molar-refractivity contribution in [3.63, 3.8) is 0 Å². The van der Waals surface area contributed by atoms with Crippen LogP contribution in [0.25, 0.3) is 32.8 Å². The molecule has 1 unspecified atom stereocenters. The molecule has 44 heavy (non-hydrogen) atoms. The zero-order valence-corrected chi connectivity index (χ0v) is 25.1. The number of halogens is 1. The second-order valence-electron chi connectivity index (χ2n) is 12.4. The van der Waals surface area contributed by atoms with Gasteiger partial charge in [0.2, 0.25) is 5.91 Å². The molecule has 7 rings (SSSR count). The van der Waals surface area contributed by atoms with E-state index in [1.54, 1.807) is 18.2 Å². The molecule has 4 heterocycles. The summed E-state index contributed by atoms with van der Waals surface area (Å²) in [6, 6.07) is 15.8. The van der Waals surface area contributed by atoms with Gasteiger partial charge in [0.25, 0.3) is 0 Å². The maximum absolute atomic E-state index is 16.6. The van der Waals surface area contributed by atoms with Crippen molar-refractivity contribution >= 4 is 33.4 Å². The van der Waals surface area contributed by atoms with Crippen LogP contribution in [0.3, 0.4) is 0 Å². The van der Waals surface area contributed by atoms with E-state index in [1.807, 2.05) is 30.3 Å². The molecule has 4 aromatic rings. The number of ether oxygens (including phenoxy) is 1. The van der Waals surface area contributed by atoms with Crippen LogP contribution in [0.4, 0.5) is 10.2 Å². The molecular weight excluding hydrogens is 559 g/mol. The molecule has 3 atom stereocenters. The van der Waals surface area contributed by atoms with Crippen LogP contribution >= 0.6 is 0 Å². The van der Waals surface area contributed by atoms with E-state index < -0.39 is 5.82 Å². The number of hydrogen-bond donors (Lipinski definition) is 3. The van der Waals surface area contributed by atoms with Crippen molar-refractivity contribution in [2.75, 3.05) is 44.2 Å². The van der Waals surface area contributed by atoms with E-state index in [1.165, 1.54) is 6.92 Å². The third-order valence-electron chi connectivity index (χ3n) is 9.32. The predicted octanol–water partition coefficient (Wildman–Crippen LogP) is 4.60. The molecule has 1 amide bonds. The Labute approximate surface area is 256 Å². The Morgan fingerprint density at radius 1 is 1.07 bits per heavy atom. The van der Waals surface area contributed by atoms with Gasteiger partial charge >= 0.3 is 6.01 Å². The summed E-state index contributed by atoms with van der Waals surface area (Å²) in [5.41, 5.74) is 1.21. The lowest BCUT2D eigenvalue weighted by Crippen LogP contribution is -2.51. The highest BCUT2D eigenvalue weighted by atomic mass is 19.1. The molecule has 0 radical (unpaired) electrons. The lowest BCUT2D eigenvalue weighted by Gasteiger charge is -2.34. The van der Waals surface area contributed by atoms with Gasteiger partial charge in [-0.25, -0.2) is 4.39 Å². The summed E-state index contributed by atoms with van der Waals surface area (Å²) in [6.07, 6.45) is 5.20. The largest absolute Gasteiger partial charge is 0.508 e. The molecule has 3 aliphatic heterocycles. The second kappa shape index (κ2) is 12.2. The number of piperazine rings is 1. The van der Waals surface area contributed by atoms with Crippen molar-refractivity contribution in [1.82, 2.24) is 25.5 Å². The lowest BCUT2D eigenvalue weighted by atomic mass is 9.96. The number of likely N-dealkylation sites (tertiary alicyclic amines) is 1. The van der Waals surface area contributed by atoms with Gasteiger partial charge in [0.05, 0.1) is 0 Å². The predicted molar refractivity (Wildman–Crippen MR) is 170 cm³/mol. The zero-order valence-electron chi connectivity index (χ0n) is 25.1. The Kier molecular flexibility index (Phi) is 7.95. The highest BCUT2D eigenvalue weighted by molar-refractivity contribution is 6.01. The van der Waals surface area contributed by atoms with E-state index in [9.17, 15) is 9.90 Å². The fourth-order valence-corrected chi connectivity index (χ4v) is 7.22. The number of nitrogens with zero attached hydrogens (tertiary/aromatic N) is 4. The fourth-order valence-electron chi connectivity index (χ4n) is 7.22. The summed E-state index contributed by atoms with van der Waals surface area (Å²) in [7, 11) is 0. The Morgan fingerprint density at radius 2 is 1.89 bits per heavy atom. The summed E-state index contributed by atoms with van der Waals surface area (Å²) in [4.78, 5) is 25.5. The van der Waals surface area contributed by atoms with Crippen molar-refractivity contribution in [2.24, 2.45) is 0 Å². The minimum atomic E-state index is -0.453. The molecular formula is C34H39FN6O3. The number of benzene rings is 3. The number of aromatic nitrogens is 2. The van der Waals surface area contributed by atoms with Gasteiger partial charge in [-0.2, -0.15) is 9.97 Å². The first-order chi connectivity index (χ1) is 21.4. The van der Waals surface area contributed by atoms with E-state index in [2.05, 4.69) is 25.4 Å². The molecule has 3 saturated heterocycles. The second-order valence-corrected chi connectivity index (χ2v) is 12.4. The highest BCUT2D eigenvalue weighted by Crippen LogP contribution is 2.39. The van der Waals surface area contributed by atoms with E-state index in [4.69, 9.17) is 9.72 Å². The number of fused-ring (bicyclic) bond motifs is 4. The summed E-state index contributed by atoms with van der Waals surface area (Å²) >= 11 is 0. The van der Waals surface area contributed by atoms with Crippen LogP contribution in [-0.2, 0) is 4.79 Å². The van der Waals surface area contributed by atoms with E-state index in [-0.39, 0.29) is 29.2 Å². The number of amides is 1. The maximum Gasteiger partial charge on any atom is 0.319 e. The number of phenolic OH excluding ortho intramolecular Hbond substituents is 1. The van der Waals surface area contributed by atoms with Crippen molar-refractivity contribution in [1.29, 1.82) is 0 Å². The van der Waals surface area contributed by atoms with Crippen LogP contribution in [0.2, 0.25) is 0 Å². The molecule has 0 aliphatic carbocycles. The standard InChI is InChI=1S/C34H39FN6O3/c1-21(42)36-13-5-15-40-14-4-7-25(40)20-44-34-38-32-29(33(39-34)41-18-23-9-10-24(19-41)37-23)12-11-28(31(32)35)30-17-26(43)16-22-6-2-3-8-27(22)30/h2-3,6,8,11-12,16-17,23-25,37,43H,4-5,7,9-10,13-15,18-20H2,1H3,(H,36,42)/t23-,24+,25?. The molecule has 3 aromatic carbocycles. The van der Waals surface area contributed by atoms with Crippen LogP contribution in [0.1, 0.15) is 39.0 Å². The number of rotatable bonds is 9. The summed E-state index contributed by atoms with van der Waals surface area (Å²) in [5.74, 6) is 0.319. The van der Waals surface area contributed by atoms with E-state index >= 15 is 4.39 Å². The van der Waals surface area contributed by atoms with E-state index in [0.29, 0.717) is 47.6 Å². The quantitative estimate of drug-likeness (QED) is 0.240. The van der Waals surface area contributed by atoms with Crippen molar-refractivity contribution in [3.05, 3.63) is 54.3 Å². The van der Waals surface area contributed by atoms with Crippen molar-refractivity contribution in [2.45, 2.75) is 57.2 Å². The topological polar surface area (TPSA) is 103 Å². The van der Waals surface area contributed by atoms with Gasteiger partial charge in [0, 0.05) is 62.2 Å². The number of hydrogen-bond acceptors (Lipinski definition) is 8. The number of nitrogens with one attached hydrogen (secondary N) is 2. The van der Waals surface area contributed by atoms with Gasteiger partial charge in [0.1, 0.15) is 23.7 Å². The lowest BCUT2D eigenvalue weighted by molar-refractivity contribution is -0.118. The third-order valence-corrected chi connectivity index (χ3v) is 9.32. The Hall–Kier alpha value is -4.02. The average Bonchev–Trinajstić information content (AvgIpc) is 3.62. The number of anilines is 1. The minimum Gasteiger partial charge on any atom is -0.508 e. The van der Waals surface area contributed by atoms with Gasteiger partial charge in [-0.05, 0) is 73.2 Å². The number of aromatic hydroxyl groups is 1. The SMILES string of the molecule is CC(=O)NCCCN1CCCC1COc1nc(N2C[C@H]3CC[C@@H](C2)N3)c2ccc(-c3cc(O)cc4ccccc34)c(F)c2n1. The van der Waals surface area contributed by atoms with Gasteiger partial charge in [-0.1, -0.05) is 30.3 Å². The van der Waals surface area contributed by atoms with Crippen molar-refractivity contribution in [3.8, 4) is 22.9 Å². The monoisotopic (exact) mass is 598 g/mol. The number of phenols is 1. The molecule has 0 spiro atoms. The number of carbonyl (C=O) groups is 1. The molecule has 3 fully saturated rings. The molecule has 1 aromatic heterocycles. The Balaban J connectivity index is 1.23.